The molecule has 1 aromatic carbocycles. The molecule has 5 nitrogen and oxygen atoms in total. The van der Waals surface area contributed by atoms with E-state index in [1.54, 1.807) is 13.0 Å². The van der Waals surface area contributed by atoms with Gasteiger partial charge in [-0.3, -0.25) is 4.79 Å². The Hall–Kier alpha value is -2.34. The average Bonchev–Trinajstić information content (AvgIpc) is 2.87. The van der Waals surface area contributed by atoms with Gasteiger partial charge in [0.1, 0.15) is 11.6 Å². The number of rotatable bonds is 4. The maximum absolute atomic E-state index is 13.4. The molecular weight excluding hydrogens is 301 g/mol. The quantitative estimate of drug-likeness (QED) is 0.881. The van der Waals surface area contributed by atoms with E-state index in [1.807, 2.05) is 0 Å². The Bertz CT molecular complexity index is 683. The lowest BCUT2D eigenvalue weighted by atomic mass is 10.3. The van der Waals surface area contributed by atoms with E-state index in [1.165, 1.54) is 18.2 Å². The molecule has 0 radical (unpaired) electrons. The smallest absolute Gasteiger partial charge is 0.374 e. The van der Waals surface area contributed by atoms with Gasteiger partial charge in [0, 0.05) is 5.02 Å². The van der Waals surface area contributed by atoms with Crippen LogP contribution in [-0.4, -0.2) is 18.5 Å². The third kappa shape index (κ3) is 4.06. The van der Waals surface area contributed by atoms with Crippen molar-refractivity contribution in [1.82, 2.24) is 0 Å². The number of hydrogen-bond donors (Lipinski definition) is 1. The minimum absolute atomic E-state index is 0.00534. The number of benzene rings is 1. The van der Waals surface area contributed by atoms with Crippen molar-refractivity contribution in [1.29, 1.82) is 0 Å². The summed E-state index contributed by atoms with van der Waals surface area (Å²) in [6.07, 6.45) is 0. The molecule has 2 aromatic rings. The molecule has 1 N–H and O–H groups in total. The molecule has 0 saturated heterocycles. The van der Waals surface area contributed by atoms with E-state index in [9.17, 15) is 14.0 Å². The van der Waals surface area contributed by atoms with Gasteiger partial charge in [-0.15, -0.1) is 0 Å². The minimum Gasteiger partial charge on any atom is -0.454 e. The Morgan fingerprint density at radius 3 is 2.76 bits per heavy atom. The molecule has 0 unspecified atom stereocenters. The fraction of sp³-hybridized carbons (Fsp3) is 0.143. The molecule has 1 aromatic heterocycles. The van der Waals surface area contributed by atoms with Crippen molar-refractivity contribution < 1.29 is 23.1 Å². The van der Waals surface area contributed by atoms with Crippen LogP contribution in [-0.2, 0) is 9.53 Å². The molecule has 0 spiro atoms. The summed E-state index contributed by atoms with van der Waals surface area (Å²) in [6.45, 7) is 1.11. The predicted octanol–water partition coefficient (Wildman–Crippen LogP) is 3.18. The van der Waals surface area contributed by atoms with Crippen LogP contribution in [0.25, 0.3) is 0 Å². The second kappa shape index (κ2) is 6.41. The fourth-order valence-electron chi connectivity index (χ4n) is 1.53. The standard InChI is InChI=1S/C14H11ClFNO4/c1-8-2-5-12(21-8)14(19)20-7-13(18)17-11-6-9(15)3-4-10(11)16/h2-6H,7H2,1H3,(H,17,18). The number of aryl methyl sites for hydroxylation is 1. The van der Waals surface area contributed by atoms with Gasteiger partial charge in [0.2, 0.25) is 5.76 Å². The molecule has 0 fully saturated rings. The second-order valence-corrected chi connectivity index (χ2v) is 4.60. The van der Waals surface area contributed by atoms with Gasteiger partial charge < -0.3 is 14.5 Å². The maximum atomic E-state index is 13.4. The second-order valence-electron chi connectivity index (χ2n) is 4.16. The molecule has 110 valence electrons. The van der Waals surface area contributed by atoms with Crippen molar-refractivity contribution in [3.63, 3.8) is 0 Å². The zero-order chi connectivity index (χ0) is 15.4. The molecule has 0 saturated carbocycles. The Kier molecular flexibility index (Phi) is 4.59. The summed E-state index contributed by atoms with van der Waals surface area (Å²) in [5, 5.41) is 2.53. The van der Waals surface area contributed by atoms with E-state index >= 15 is 0 Å². The van der Waals surface area contributed by atoms with Crippen molar-refractivity contribution >= 4 is 29.2 Å². The number of carbonyl (C=O) groups excluding carboxylic acids is 2. The van der Waals surface area contributed by atoms with Crippen LogP contribution in [0.2, 0.25) is 5.02 Å². The van der Waals surface area contributed by atoms with E-state index in [4.69, 9.17) is 20.8 Å². The molecule has 0 bridgehead atoms. The van der Waals surface area contributed by atoms with Crippen LogP contribution in [0.15, 0.2) is 34.7 Å². The highest BCUT2D eigenvalue weighted by molar-refractivity contribution is 6.30. The molecule has 0 aliphatic rings. The van der Waals surface area contributed by atoms with Crippen LogP contribution >= 0.6 is 11.6 Å². The Balaban J connectivity index is 1.90. The van der Waals surface area contributed by atoms with Crippen molar-refractivity contribution in [2.24, 2.45) is 0 Å². The van der Waals surface area contributed by atoms with E-state index in [2.05, 4.69) is 5.32 Å². The topological polar surface area (TPSA) is 68.5 Å². The maximum Gasteiger partial charge on any atom is 0.374 e. The molecule has 0 aliphatic heterocycles. The van der Waals surface area contributed by atoms with E-state index in [0.29, 0.717) is 5.76 Å². The van der Waals surface area contributed by atoms with Gasteiger partial charge in [0.05, 0.1) is 5.69 Å². The number of ether oxygens (including phenoxy) is 1. The van der Waals surface area contributed by atoms with Gasteiger partial charge in [-0.2, -0.15) is 0 Å². The third-order valence-electron chi connectivity index (χ3n) is 2.48. The lowest BCUT2D eigenvalue weighted by Gasteiger charge is -2.07. The first-order chi connectivity index (χ1) is 9.95. The normalized spacial score (nSPS) is 10.2. The van der Waals surface area contributed by atoms with Crippen molar-refractivity contribution in [3.8, 4) is 0 Å². The van der Waals surface area contributed by atoms with Crippen molar-refractivity contribution in [3.05, 3.63) is 52.7 Å². The lowest BCUT2D eigenvalue weighted by molar-refractivity contribution is -0.119. The van der Waals surface area contributed by atoms with Gasteiger partial charge in [0.15, 0.2) is 6.61 Å². The number of amides is 1. The number of esters is 1. The van der Waals surface area contributed by atoms with Crippen LogP contribution in [0.3, 0.4) is 0 Å². The molecule has 7 heteroatoms. The third-order valence-corrected chi connectivity index (χ3v) is 2.71. The molecule has 0 atom stereocenters. The van der Waals surface area contributed by atoms with Crippen molar-refractivity contribution in [2.75, 3.05) is 11.9 Å². The first kappa shape index (κ1) is 15.1. The number of halogens is 2. The fourth-order valence-corrected chi connectivity index (χ4v) is 1.70. The molecule has 21 heavy (non-hydrogen) atoms. The molecule has 1 amide bonds. The van der Waals surface area contributed by atoms with Crippen LogP contribution < -0.4 is 5.32 Å². The first-order valence-electron chi connectivity index (χ1n) is 5.94. The van der Waals surface area contributed by atoms with Crippen LogP contribution in [0.4, 0.5) is 10.1 Å². The zero-order valence-corrected chi connectivity index (χ0v) is 11.7. The molecular formula is C14H11ClFNO4. The van der Waals surface area contributed by atoms with Crippen molar-refractivity contribution in [2.45, 2.75) is 6.92 Å². The average molecular weight is 312 g/mol. The lowest BCUT2D eigenvalue weighted by Crippen LogP contribution is -2.21. The zero-order valence-electron chi connectivity index (χ0n) is 11.0. The van der Waals surface area contributed by atoms with Gasteiger partial charge in [0.25, 0.3) is 5.91 Å². The van der Waals surface area contributed by atoms with Crippen LogP contribution in [0.5, 0.6) is 0 Å². The SMILES string of the molecule is Cc1ccc(C(=O)OCC(=O)Nc2cc(Cl)ccc2F)o1. The highest BCUT2D eigenvalue weighted by atomic mass is 35.5. The van der Waals surface area contributed by atoms with Gasteiger partial charge in [-0.05, 0) is 37.3 Å². The highest BCUT2D eigenvalue weighted by Gasteiger charge is 2.14. The summed E-state index contributed by atoms with van der Waals surface area (Å²) in [5.74, 6) is -1.56. The highest BCUT2D eigenvalue weighted by Crippen LogP contribution is 2.19. The number of anilines is 1. The van der Waals surface area contributed by atoms with E-state index < -0.39 is 24.3 Å². The molecule has 0 aliphatic carbocycles. The minimum atomic E-state index is -0.773. The summed E-state index contributed by atoms with van der Waals surface area (Å²) in [5.41, 5.74) is -0.0857. The predicted molar refractivity (Wildman–Crippen MR) is 73.8 cm³/mol. The van der Waals surface area contributed by atoms with Crippen LogP contribution in [0.1, 0.15) is 16.3 Å². The van der Waals surface area contributed by atoms with E-state index in [-0.39, 0.29) is 16.5 Å². The first-order valence-corrected chi connectivity index (χ1v) is 6.32. The summed E-state index contributed by atoms with van der Waals surface area (Å²) >= 11 is 5.69. The summed E-state index contributed by atoms with van der Waals surface area (Å²) < 4.78 is 23.2. The van der Waals surface area contributed by atoms with Gasteiger partial charge in [-0.1, -0.05) is 11.6 Å². The monoisotopic (exact) mass is 311 g/mol. The Morgan fingerprint density at radius 1 is 1.33 bits per heavy atom. The van der Waals surface area contributed by atoms with Gasteiger partial charge >= 0.3 is 5.97 Å². The number of nitrogens with one attached hydrogen (secondary N) is 1. The Labute approximate surface area is 124 Å². The Morgan fingerprint density at radius 2 is 2.10 bits per heavy atom. The number of carbonyl (C=O) groups is 2. The molecule has 1 heterocycles. The van der Waals surface area contributed by atoms with Crippen LogP contribution in [0, 0.1) is 12.7 Å². The number of furan rings is 1. The summed E-state index contributed by atoms with van der Waals surface area (Å²) in [6, 6.07) is 6.76. The molecule has 2 rings (SSSR count). The summed E-state index contributed by atoms with van der Waals surface area (Å²) in [7, 11) is 0. The number of hydrogen-bond acceptors (Lipinski definition) is 4. The van der Waals surface area contributed by atoms with E-state index in [0.717, 1.165) is 6.07 Å². The summed E-state index contributed by atoms with van der Waals surface area (Å²) in [4.78, 5) is 23.1. The largest absolute Gasteiger partial charge is 0.454 e. The van der Waals surface area contributed by atoms with Gasteiger partial charge in [-0.25, -0.2) is 9.18 Å².